The Morgan fingerprint density at radius 3 is 1.90 bits per heavy atom. The molecule has 39 heavy (non-hydrogen) atoms. The van der Waals surface area contributed by atoms with Gasteiger partial charge in [0.2, 0.25) is 0 Å². The van der Waals surface area contributed by atoms with E-state index in [-0.39, 0.29) is 0 Å². The van der Waals surface area contributed by atoms with Crippen molar-refractivity contribution in [1.82, 2.24) is 14.4 Å². The number of imidazole rings is 1. The second kappa shape index (κ2) is 8.64. The first-order chi connectivity index (χ1) is 19.4. The fraction of sp³-hybridized carbons (Fsp3) is 0. The molecule has 0 radical (unpaired) electrons. The van der Waals surface area contributed by atoms with Crippen molar-refractivity contribution in [2.75, 3.05) is 0 Å². The molecule has 3 heterocycles. The highest BCUT2D eigenvalue weighted by atomic mass is 15.0. The molecule has 0 saturated carbocycles. The van der Waals surface area contributed by atoms with E-state index in [2.05, 4.69) is 138 Å². The zero-order valence-electron chi connectivity index (χ0n) is 21.1. The lowest BCUT2D eigenvalue weighted by molar-refractivity contribution is 1.21. The van der Waals surface area contributed by atoms with Crippen LogP contribution >= 0.6 is 0 Å². The lowest BCUT2D eigenvalue weighted by Crippen LogP contribution is -1.95. The maximum absolute atomic E-state index is 5.41. The highest BCUT2D eigenvalue weighted by Gasteiger charge is 2.21. The van der Waals surface area contributed by atoms with Gasteiger partial charge in [0.25, 0.3) is 0 Å². The predicted octanol–water partition coefficient (Wildman–Crippen LogP) is 9.19. The van der Waals surface area contributed by atoms with Gasteiger partial charge < -0.3 is 0 Å². The van der Waals surface area contributed by atoms with Crippen LogP contribution < -0.4 is 0 Å². The van der Waals surface area contributed by atoms with Gasteiger partial charge in [0.1, 0.15) is 5.65 Å². The summed E-state index contributed by atoms with van der Waals surface area (Å²) in [6, 6.07) is 46.6. The molecule has 5 aromatic carbocycles. The van der Waals surface area contributed by atoms with Gasteiger partial charge in [-0.2, -0.15) is 0 Å². The van der Waals surface area contributed by atoms with Gasteiger partial charge in [-0.05, 0) is 22.9 Å². The largest absolute Gasteiger partial charge is 0.298 e. The monoisotopic (exact) mass is 497 g/mol. The Morgan fingerprint density at radius 1 is 0.462 bits per heavy atom. The highest BCUT2D eigenvalue weighted by molar-refractivity contribution is 6.17. The van der Waals surface area contributed by atoms with Crippen molar-refractivity contribution in [2.45, 2.75) is 0 Å². The van der Waals surface area contributed by atoms with Gasteiger partial charge in [0.15, 0.2) is 0 Å². The minimum Gasteiger partial charge on any atom is -0.298 e. The molecule has 8 aromatic rings. The topological polar surface area (TPSA) is 30.2 Å². The van der Waals surface area contributed by atoms with Gasteiger partial charge in [-0.15, -0.1) is 0 Å². The fourth-order valence-electron chi connectivity index (χ4n) is 5.84. The lowest BCUT2D eigenvalue weighted by atomic mass is 9.98. The molecule has 3 nitrogen and oxygen atoms in total. The van der Waals surface area contributed by atoms with Crippen LogP contribution in [-0.4, -0.2) is 14.4 Å². The van der Waals surface area contributed by atoms with E-state index in [9.17, 15) is 0 Å². The Kier molecular flexibility index (Phi) is 4.82. The minimum atomic E-state index is 0.935. The maximum Gasteiger partial charge on any atom is 0.146 e. The number of hydrogen-bond acceptors (Lipinski definition) is 2. The van der Waals surface area contributed by atoms with Gasteiger partial charge in [-0.1, -0.05) is 121 Å². The Balaban J connectivity index is 1.57. The second-order valence-corrected chi connectivity index (χ2v) is 9.84. The van der Waals surface area contributed by atoms with E-state index >= 15 is 0 Å². The summed E-state index contributed by atoms with van der Waals surface area (Å²) < 4.78 is 2.27. The summed E-state index contributed by atoms with van der Waals surface area (Å²) in [6.07, 6.45) is 2.16. The summed E-state index contributed by atoms with van der Waals surface area (Å²) in [4.78, 5) is 10.5. The van der Waals surface area contributed by atoms with E-state index < -0.39 is 0 Å². The molecule has 0 N–H and O–H groups in total. The molecular formula is C36H23N3. The third kappa shape index (κ3) is 3.37. The molecule has 0 bridgehead atoms. The van der Waals surface area contributed by atoms with E-state index in [0.29, 0.717) is 0 Å². The Labute approximate surface area is 225 Å². The zero-order valence-corrected chi connectivity index (χ0v) is 21.1. The van der Waals surface area contributed by atoms with Gasteiger partial charge in [-0.3, -0.25) is 4.40 Å². The number of rotatable bonds is 3. The second-order valence-electron chi connectivity index (χ2n) is 9.84. The highest BCUT2D eigenvalue weighted by Crippen LogP contribution is 2.41. The molecule has 0 aliphatic rings. The van der Waals surface area contributed by atoms with Crippen molar-refractivity contribution in [3.63, 3.8) is 0 Å². The predicted molar refractivity (Wildman–Crippen MR) is 162 cm³/mol. The van der Waals surface area contributed by atoms with Crippen LogP contribution in [0.1, 0.15) is 0 Å². The van der Waals surface area contributed by atoms with Crippen molar-refractivity contribution in [1.29, 1.82) is 0 Å². The van der Waals surface area contributed by atoms with Crippen molar-refractivity contribution in [3.8, 4) is 33.8 Å². The van der Waals surface area contributed by atoms with E-state index in [0.717, 1.165) is 55.5 Å². The molecule has 3 heteroatoms. The number of fused-ring (bicyclic) bond motifs is 6. The van der Waals surface area contributed by atoms with Crippen LogP contribution in [0, 0.1) is 0 Å². The van der Waals surface area contributed by atoms with Crippen LogP contribution in [0.4, 0.5) is 0 Å². The van der Waals surface area contributed by atoms with Crippen molar-refractivity contribution in [2.24, 2.45) is 0 Å². The first-order valence-electron chi connectivity index (χ1n) is 13.2. The number of pyridine rings is 2. The molecule has 0 amide bonds. The summed E-state index contributed by atoms with van der Waals surface area (Å²) in [6.45, 7) is 0. The van der Waals surface area contributed by atoms with Gasteiger partial charge in [0.05, 0.1) is 22.6 Å². The quantitative estimate of drug-likeness (QED) is 0.228. The first-order valence-corrected chi connectivity index (χ1v) is 13.2. The Morgan fingerprint density at radius 2 is 1.10 bits per heavy atom. The molecule has 0 aliphatic carbocycles. The third-order valence-electron chi connectivity index (χ3n) is 7.59. The minimum absolute atomic E-state index is 0.935. The van der Waals surface area contributed by atoms with Gasteiger partial charge in [-0.25, -0.2) is 9.97 Å². The van der Waals surface area contributed by atoms with E-state index in [1.54, 1.807) is 0 Å². The lowest BCUT2D eigenvalue weighted by Gasteiger charge is -2.13. The molecule has 0 spiro atoms. The van der Waals surface area contributed by atoms with Gasteiger partial charge in [0, 0.05) is 39.0 Å². The van der Waals surface area contributed by atoms with Crippen molar-refractivity contribution >= 4 is 38.1 Å². The normalized spacial score (nSPS) is 11.6. The van der Waals surface area contributed by atoms with Crippen LogP contribution in [0.3, 0.4) is 0 Å². The molecule has 0 aliphatic heterocycles. The van der Waals surface area contributed by atoms with E-state index in [1.807, 2.05) is 6.07 Å². The van der Waals surface area contributed by atoms with E-state index in [4.69, 9.17) is 9.97 Å². The van der Waals surface area contributed by atoms with Gasteiger partial charge >= 0.3 is 0 Å². The third-order valence-corrected chi connectivity index (χ3v) is 7.59. The Hall–Kier alpha value is -5.28. The first kappa shape index (κ1) is 21.8. The summed E-state index contributed by atoms with van der Waals surface area (Å²) in [7, 11) is 0. The number of nitrogens with zero attached hydrogens (tertiary/aromatic N) is 3. The summed E-state index contributed by atoms with van der Waals surface area (Å²) in [5.74, 6) is 0. The molecule has 3 aromatic heterocycles. The average Bonchev–Trinajstić information content (AvgIpc) is 3.41. The summed E-state index contributed by atoms with van der Waals surface area (Å²) in [5, 5.41) is 5.74. The molecule has 0 unspecified atom stereocenters. The van der Waals surface area contributed by atoms with Crippen LogP contribution in [0.15, 0.2) is 140 Å². The zero-order chi connectivity index (χ0) is 25.8. The standard InChI is InChI=1S/C36H23N3/c1-3-13-25(14-4-1)33-30-22-23-39-35(28-20-11-17-24-12-7-8-18-27(24)28)34(26-15-5-2-6-16-26)38-36(39)32(30)29-19-9-10-21-31(29)37-33/h1-23H. The molecule has 0 fully saturated rings. The van der Waals surface area contributed by atoms with E-state index in [1.165, 1.54) is 16.3 Å². The summed E-state index contributed by atoms with van der Waals surface area (Å²) >= 11 is 0. The SMILES string of the molecule is c1ccc(-c2nc3c4c(ccn3c2-c2cccc3ccccc23)c(-c2ccccc2)nc2ccccc24)cc1. The van der Waals surface area contributed by atoms with Crippen LogP contribution in [0.5, 0.6) is 0 Å². The Bertz CT molecular complexity index is 2150. The van der Waals surface area contributed by atoms with Crippen LogP contribution in [0.25, 0.3) is 71.9 Å². The number of hydrogen-bond donors (Lipinski definition) is 0. The molecule has 182 valence electrons. The fourth-order valence-corrected chi connectivity index (χ4v) is 5.84. The number of aromatic nitrogens is 3. The summed E-state index contributed by atoms with van der Waals surface area (Å²) in [5.41, 5.74) is 8.31. The average molecular weight is 498 g/mol. The van der Waals surface area contributed by atoms with Crippen molar-refractivity contribution in [3.05, 3.63) is 140 Å². The van der Waals surface area contributed by atoms with Crippen LogP contribution in [0.2, 0.25) is 0 Å². The smallest absolute Gasteiger partial charge is 0.146 e. The maximum atomic E-state index is 5.41. The molecular weight excluding hydrogens is 474 g/mol. The molecule has 8 rings (SSSR count). The number of benzene rings is 5. The number of para-hydroxylation sites is 1. The van der Waals surface area contributed by atoms with Crippen LogP contribution in [-0.2, 0) is 0 Å². The molecule has 0 atom stereocenters. The van der Waals surface area contributed by atoms with Crippen molar-refractivity contribution < 1.29 is 0 Å². The molecule has 0 saturated heterocycles.